The van der Waals surface area contributed by atoms with Gasteiger partial charge in [0, 0.05) is 23.0 Å². The number of hydrogen-bond acceptors (Lipinski definition) is 2. The van der Waals surface area contributed by atoms with E-state index in [0.717, 1.165) is 35.1 Å². The van der Waals surface area contributed by atoms with E-state index in [0.29, 0.717) is 0 Å². The predicted octanol–water partition coefficient (Wildman–Crippen LogP) is 3.73. The summed E-state index contributed by atoms with van der Waals surface area (Å²) in [6.45, 7) is 2.07. The van der Waals surface area contributed by atoms with E-state index in [4.69, 9.17) is 0 Å². The van der Waals surface area contributed by atoms with Crippen molar-refractivity contribution in [3.05, 3.63) is 70.8 Å². The second-order valence-corrected chi connectivity index (χ2v) is 6.52. The Morgan fingerprint density at radius 3 is 1.59 bits per heavy atom. The molecule has 0 aromatic heterocycles. The number of ketones is 2. The molecule has 0 heterocycles. The van der Waals surface area contributed by atoms with Crippen molar-refractivity contribution in [1.82, 2.24) is 0 Å². The van der Waals surface area contributed by atoms with Crippen molar-refractivity contribution in [3.8, 4) is 0 Å². The minimum absolute atomic E-state index is 0.0549. The van der Waals surface area contributed by atoms with E-state index in [-0.39, 0.29) is 29.3 Å². The zero-order valence-corrected chi connectivity index (χ0v) is 12.6. The van der Waals surface area contributed by atoms with Crippen molar-refractivity contribution < 1.29 is 9.59 Å². The molecular weight excluding hydrogens is 272 g/mol. The first-order valence-electron chi connectivity index (χ1n) is 7.91. The number of hydrogen-bond donors (Lipinski definition) is 0. The van der Waals surface area contributed by atoms with Gasteiger partial charge in [0.2, 0.25) is 0 Å². The first-order valence-corrected chi connectivity index (χ1v) is 7.91. The summed E-state index contributed by atoms with van der Waals surface area (Å²) in [6, 6.07) is 15.7. The van der Waals surface area contributed by atoms with Gasteiger partial charge < -0.3 is 0 Å². The molecule has 0 bridgehead atoms. The molecule has 0 saturated carbocycles. The first kappa shape index (κ1) is 13.4. The number of carbonyl (C=O) groups excluding carboxylic acids is 2. The highest BCUT2D eigenvalue weighted by Crippen LogP contribution is 2.40. The summed E-state index contributed by atoms with van der Waals surface area (Å²) in [6.07, 6.45) is 1.55. The molecule has 1 unspecified atom stereocenters. The molecule has 2 nitrogen and oxygen atoms in total. The molecule has 0 spiro atoms. The Hall–Kier alpha value is -2.22. The highest BCUT2D eigenvalue weighted by atomic mass is 16.1. The van der Waals surface area contributed by atoms with Crippen molar-refractivity contribution in [3.63, 3.8) is 0 Å². The lowest BCUT2D eigenvalue weighted by Gasteiger charge is -2.23. The molecule has 3 atom stereocenters. The Bertz CT molecular complexity index is 709. The quantitative estimate of drug-likeness (QED) is 0.844. The topological polar surface area (TPSA) is 34.1 Å². The lowest BCUT2D eigenvalue weighted by atomic mass is 9.79. The SMILES string of the molecule is CC([C@@H]1Cc2ccccc2C1=O)[C@H]1Cc2ccccc2C1=O. The maximum atomic E-state index is 12.7. The summed E-state index contributed by atoms with van der Waals surface area (Å²) in [5.74, 6) is 0.403. The zero-order chi connectivity index (χ0) is 15.3. The highest BCUT2D eigenvalue weighted by molar-refractivity contribution is 6.05. The van der Waals surface area contributed by atoms with E-state index in [1.165, 1.54) is 0 Å². The molecule has 2 aliphatic carbocycles. The first-order chi connectivity index (χ1) is 10.7. The summed E-state index contributed by atoms with van der Waals surface area (Å²) in [7, 11) is 0. The monoisotopic (exact) mass is 290 g/mol. The molecule has 110 valence electrons. The minimum Gasteiger partial charge on any atom is -0.294 e. The Balaban J connectivity index is 1.61. The van der Waals surface area contributed by atoms with Crippen molar-refractivity contribution in [2.75, 3.05) is 0 Å². The lowest BCUT2D eigenvalue weighted by molar-refractivity contribution is 0.0797. The van der Waals surface area contributed by atoms with Crippen molar-refractivity contribution in [2.45, 2.75) is 19.8 Å². The van der Waals surface area contributed by atoms with Crippen molar-refractivity contribution in [1.29, 1.82) is 0 Å². The van der Waals surface area contributed by atoms with Gasteiger partial charge in [0.25, 0.3) is 0 Å². The van der Waals surface area contributed by atoms with Gasteiger partial charge in [-0.05, 0) is 29.9 Å². The van der Waals surface area contributed by atoms with Gasteiger partial charge in [-0.2, -0.15) is 0 Å². The molecule has 2 aromatic rings. The van der Waals surface area contributed by atoms with Crippen LogP contribution in [0.4, 0.5) is 0 Å². The van der Waals surface area contributed by atoms with Crippen LogP contribution in [0.3, 0.4) is 0 Å². The van der Waals surface area contributed by atoms with Gasteiger partial charge in [0.15, 0.2) is 11.6 Å². The molecule has 2 aliphatic rings. The van der Waals surface area contributed by atoms with Crippen LogP contribution in [-0.4, -0.2) is 11.6 Å². The number of benzene rings is 2. The van der Waals surface area contributed by atoms with Crippen LogP contribution < -0.4 is 0 Å². The third-order valence-electron chi connectivity index (χ3n) is 5.39. The molecule has 2 aromatic carbocycles. The van der Waals surface area contributed by atoms with Gasteiger partial charge >= 0.3 is 0 Å². The van der Waals surface area contributed by atoms with Crippen molar-refractivity contribution in [2.24, 2.45) is 17.8 Å². The van der Waals surface area contributed by atoms with Crippen LogP contribution in [0.1, 0.15) is 38.8 Å². The third kappa shape index (κ3) is 1.87. The Morgan fingerprint density at radius 1 is 0.773 bits per heavy atom. The number of Topliss-reactive ketones (excluding diaryl/α,β-unsaturated/α-hetero) is 2. The van der Waals surface area contributed by atoms with Crippen LogP contribution in [0.2, 0.25) is 0 Å². The second kappa shape index (κ2) is 4.91. The van der Waals surface area contributed by atoms with Crippen LogP contribution in [0.25, 0.3) is 0 Å². The van der Waals surface area contributed by atoms with Crippen LogP contribution in [-0.2, 0) is 12.8 Å². The molecule has 4 rings (SSSR count). The zero-order valence-electron chi connectivity index (χ0n) is 12.6. The van der Waals surface area contributed by atoms with Crippen LogP contribution in [0, 0.1) is 17.8 Å². The second-order valence-electron chi connectivity index (χ2n) is 6.52. The fraction of sp³-hybridized carbons (Fsp3) is 0.300. The smallest absolute Gasteiger partial charge is 0.166 e. The molecule has 0 aliphatic heterocycles. The van der Waals surface area contributed by atoms with Crippen LogP contribution in [0.5, 0.6) is 0 Å². The predicted molar refractivity (Wildman–Crippen MR) is 85.1 cm³/mol. The molecule has 2 heteroatoms. The molecule has 0 amide bonds. The van der Waals surface area contributed by atoms with E-state index in [9.17, 15) is 9.59 Å². The average molecular weight is 290 g/mol. The van der Waals surface area contributed by atoms with E-state index in [1.54, 1.807) is 0 Å². The maximum Gasteiger partial charge on any atom is 0.166 e. The molecule has 0 N–H and O–H groups in total. The van der Waals surface area contributed by atoms with Gasteiger partial charge in [-0.1, -0.05) is 55.5 Å². The molecule has 22 heavy (non-hydrogen) atoms. The Kier molecular flexibility index (Phi) is 3.00. The van der Waals surface area contributed by atoms with E-state index >= 15 is 0 Å². The van der Waals surface area contributed by atoms with Gasteiger partial charge in [0.05, 0.1) is 0 Å². The van der Waals surface area contributed by atoms with Gasteiger partial charge in [-0.3, -0.25) is 9.59 Å². The fourth-order valence-corrected chi connectivity index (χ4v) is 4.07. The van der Waals surface area contributed by atoms with E-state index in [1.807, 2.05) is 48.5 Å². The number of carbonyl (C=O) groups is 2. The highest BCUT2D eigenvalue weighted by Gasteiger charge is 2.42. The lowest BCUT2D eigenvalue weighted by Crippen LogP contribution is -2.29. The Morgan fingerprint density at radius 2 is 1.18 bits per heavy atom. The van der Waals surface area contributed by atoms with Crippen LogP contribution in [0.15, 0.2) is 48.5 Å². The molecule has 0 radical (unpaired) electrons. The summed E-state index contributed by atoms with van der Waals surface area (Å²) >= 11 is 0. The van der Waals surface area contributed by atoms with Gasteiger partial charge in [0.1, 0.15) is 0 Å². The van der Waals surface area contributed by atoms with E-state index in [2.05, 4.69) is 6.92 Å². The van der Waals surface area contributed by atoms with Crippen molar-refractivity contribution >= 4 is 11.6 Å². The number of rotatable bonds is 2. The largest absolute Gasteiger partial charge is 0.294 e. The minimum atomic E-state index is -0.0549. The summed E-state index contributed by atoms with van der Waals surface area (Å²) in [5.41, 5.74) is 3.96. The van der Waals surface area contributed by atoms with Crippen LogP contribution >= 0.6 is 0 Å². The standard InChI is InChI=1S/C20H18O2/c1-12(17-10-13-6-2-4-8-15(13)19(17)21)18-11-14-7-3-5-9-16(14)20(18)22/h2-9,12,17-18H,10-11H2,1H3/t12?,17-,18+. The maximum absolute atomic E-state index is 12.7. The molecule has 0 saturated heterocycles. The normalized spacial score (nSPS) is 24.2. The fourth-order valence-electron chi connectivity index (χ4n) is 4.07. The summed E-state index contributed by atoms with van der Waals surface area (Å²) in [5, 5.41) is 0. The van der Waals surface area contributed by atoms with Gasteiger partial charge in [-0.15, -0.1) is 0 Å². The Labute approximate surface area is 130 Å². The average Bonchev–Trinajstić information content (AvgIpc) is 3.06. The summed E-state index contributed by atoms with van der Waals surface area (Å²) < 4.78 is 0. The van der Waals surface area contributed by atoms with Gasteiger partial charge in [-0.25, -0.2) is 0 Å². The summed E-state index contributed by atoms with van der Waals surface area (Å²) in [4.78, 5) is 25.3. The number of fused-ring (bicyclic) bond motifs is 2. The third-order valence-corrected chi connectivity index (χ3v) is 5.39. The molecule has 0 fully saturated rings. The molecular formula is C20H18O2. The van der Waals surface area contributed by atoms with E-state index < -0.39 is 0 Å².